The first-order chi connectivity index (χ1) is 14.3. The van der Waals surface area contributed by atoms with E-state index in [0.717, 1.165) is 12.3 Å². The van der Waals surface area contributed by atoms with Crippen LogP contribution in [0, 0.1) is 6.92 Å². The molecule has 1 saturated heterocycles. The molecule has 30 heavy (non-hydrogen) atoms. The fraction of sp³-hybridized carbons (Fsp3) is 0.333. The molecule has 1 amide bonds. The number of aromatic nitrogens is 1. The summed E-state index contributed by atoms with van der Waals surface area (Å²) in [7, 11) is 0. The lowest BCUT2D eigenvalue weighted by molar-refractivity contribution is -0.137. The number of ether oxygens (including phenoxy) is 1. The summed E-state index contributed by atoms with van der Waals surface area (Å²) >= 11 is 0. The van der Waals surface area contributed by atoms with Gasteiger partial charge in [-0.1, -0.05) is 0 Å². The van der Waals surface area contributed by atoms with Gasteiger partial charge in [0.15, 0.2) is 0 Å². The van der Waals surface area contributed by atoms with E-state index in [1.807, 2.05) is 0 Å². The summed E-state index contributed by atoms with van der Waals surface area (Å²) in [5.74, 6) is 0.130. The second kappa shape index (κ2) is 9.17. The number of aryl methyl sites for hydroxylation is 1. The lowest BCUT2D eigenvalue weighted by Crippen LogP contribution is -2.11. The molecule has 3 heterocycles. The first-order valence-corrected chi connectivity index (χ1v) is 9.43. The van der Waals surface area contributed by atoms with Gasteiger partial charge in [-0.05, 0) is 57.1 Å². The maximum atomic E-state index is 12.7. The van der Waals surface area contributed by atoms with E-state index in [4.69, 9.17) is 14.9 Å². The van der Waals surface area contributed by atoms with Crippen LogP contribution in [0.4, 0.5) is 13.2 Å². The van der Waals surface area contributed by atoms with E-state index in [9.17, 15) is 18.0 Å². The van der Waals surface area contributed by atoms with Gasteiger partial charge in [0.25, 0.3) is 5.91 Å². The van der Waals surface area contributed by atoms with Gasteiger partial charge in [0.1, 0.15) is 23.7 Å². The maximum absolute atomic E-state index is 12.7. The Kier molecular flexibility index (Phi) is 6.61. The quantitative estimate of drug-likeness (QED) is 0.659. The molecule has 1 fully saturated rings. The van der Waals surface area contributed by atoms with E-state index in [2.05, 4.69) is 10.3 Å². The molecule has 4 rings (SSSR count). The molecular formula is C21H22F3N3O3. The van der Waals surface area contributed by atoms with Crippen LogP contribution in [0.15, 0.2) is 41.1 Å². The number of nitrogens with two attached hydrogens (primary N) is 1. The summed E-state index contributed by atoms with van der Waals surface area (Å²) in [5.41, 5.74) is 5.50. The minimum atomic E-state index is -4.47. The minimum Gasteiger partial charge on any atom is -0.489 e. The number of nitrogens with zero attached hydrogens (tertiary/aromatic N) is 1. The van der Waals surface area contributed by atoms with Crippen molar-refractivity contribution in [3.63, 3.8) is 0 Å². The Bertz CT molecular complexity index is 1020. The number of alkyl halides is 3. The number of carbonyl (C=O) groups is 1. The van der Waals surface area contributed by atoms with Crippen molar-refractivity contribution in [2.45, 2.75) is 32.5 Å². The Morgan fingerprint density at radius 2 is 1.97 bits per heavy atom. The summed E-state index contributed by atoms with van der Waals surface area (Å²) in [6.07, 6.45) is 0.361. The van der Waals surface area contributed by atoms with Crippen molar-refractivity contribution in [2.75, 3.05) is 13.1 Å². The summed E-state index contributed by atoms with van der Waals surface area (Å²) in [5, 5.41) is 3.71. The highest BCUT2D eigenvalue weighted by Crippen LogP contribution is 2.30. The molecule has 3 aromatic rings. The van der Waals surface area contributed by atoms with Crippen LogP contribution in [-0.4, -0.2) is 24.0 Å². The van der Waals surface area contributed by atoms with E-state index < -0.39 is 17.6 Å². The van der Waals surface area contributed by atoms with E-state index in [0.29, 0.717) is 22.5 Å². The maximum Gasteiger partial charge on any atom is 0.417 e. The van der Waals surface area contributed by atoms with Crippen LogP contribution >= 0.6 is 0 Å². The first kappa shape index (κ1) is 21.6. The molecule has 0 bridgehead atoms. The predicted molar refractivity (Wildman–Crippen MR) is 105 cm³/mol. The number of pyridine rings is 1. The van der Waals surface area contributed by atoms with Crippen LogP contribution in [0.3, 0.4) is 0 Å². The van der Waals surface area contributed by atoms with Gasteiger partial charge in [0.05, 0.1) is 11.1 Å². The molecule has 0 aliphatic carbocycles. The number of fused-ring (bicyclic) bond motifs is 1. The lowest BCUT2D eigenvalue weighted by Gasteiger charge is -2.09. The van der Waals surface area contributed by atoms with Crippen molar-refractivity contribution in [3.05, 3.63) is 59.1 Å². The third-order valence-electron chi connectivity index (χ3n) is 4.57. The van der Waals surface area contributed by atoms with Gasteiger partial charge in [-0.15, -0.1) is 0 Å². The molecule has 0 unspecified atom stereocenters. The lowest BCUT2D eigenvalue weighted by atomic mass is 10.1. The molecule has 0 radical (unpaired) electrons. The molecule has 1 aliphatic rings. The smallest absolute Gasteiger partial charge is 0.417 e. The minimum absolute atomic E-state index is 0.106. The van der Waals surface area contributed by atoms with Gasteiger partial charge in [-0.3, -0.25) is 9.78 Å². The van der Waals surface area contributed by atoms with Gasteiger partial charge in [-0.2, -0.15) is 13.2 Å². The molecule has 2 aromatic heterocycles. The van der Waals surface area contributed by atoms with Crippen LogP contribution in [0.25, 0.3) is 11.0 Å². The topological polar surface area (TPSA) is 90.4 Å². The van der Waals surface area contributed by atoms with Crippen molar-refractivity contribution < 1.29 is 27.1 Å². The van der Waals surface area contributed by atoms with Gasteiger partial charge in [0, 0.05) is 23.3 Å². The number of hydrogen-bond acceptors (Lipinski definition) is 5. The number of benzene rings is 1. The Labute approximate surface area is 171 Å². The highest BCUT2D eigenvalue weighted by atomic mass is 19.4. The number of furan rings is 1. The molecule has 1 aliphatic heterocycles. The highest BCUT2D eigenvalue weighted by molar-refractivity contribution is 6.06. The number of rotatable bonds is 4. The second-order valence-corrected chi connectivity index (χ2v) is 6.88. The molecule has 160 valence electrons. The molecule has 0 spiro atoms. The number of amides is 1. The average molecular weight is 421 g/mol. The Morgan fingerprint density at radius 1 is 1.23 bits per heavy atom. The van der Waals surface area contributed by atoms with Gasteiger partial charge < -0.3 is 20.2 Å². The predicted octanol–water partition coefficient (Wildman–Crippen LogP) is 4.20. The fourth-order valence-corrected chi connectivity index (χ4v) is 3.11. The van der Waals surface area contributed by atoms with Crippen LogP contribution in [0.2, 0.25) is 0 Å². The largest absolute Gasteiger partial charge is 0.489 e. The van der Waals surface area contributed by atoms with Gasteiger partial charge in [0.2, 0.25) is 0 Å². The molecule has 1 aromatic carbocycles. The number of nitrogens with one attached hydrogen (secondary N) is 1. The van der Waals surface area contributed by atoms with Crippen molar-refractivity contribution in [3.8, 4) is 5.75 Å². The summed E-state index contributed by atoms with van der Waals surface area (Å²) < 4.78 is 49.0. The summed E-state index contributed by atoms with van der Waals surface area (Å²) in [6, 6.07) is 5.74. The normalized spacial score (nSPS) is 13.7. The molecule has 3 N–H and O–H groups in total. The Balaban J connectivity index is 0.000000448. The molecule has 9 heteroatoms. The van der Waals surface area contributed by atoms with Crippen LogP contribution in [0.5, 0.6) is 5.75 Å². The number of primary amides is 1. The van der Waals surface area contributed by atoms with Crippen molar-refractivity contribution in [1.29, 1.82) is 0 Å². The Hall–Kier alpha value is -3.07. The number of hydrogen-bond donors (Lipinski definition) is 2. The molecule has 0 atom stereocenters. The molecule has 0 saturated carbocycles. The van der Waals surface area contributed by atoms with Gasteiger partial charge >= 0.3 is 6.18 Å². The summed E-state index contributed by atoms with van der Waals surface area (Å²) in [4.78, 5) is 15.1. The molecule has 6 nitrogen and oxygen atoms in total. The molecular weight excluding hydrogens is 399 g/mol. The monoisotopic (exact) mass is 421 g/mol. The first-order valence-electron chi connectivity index (χ1n) is 9.43. The average Bonchev–Trinajstić information content (AvgIpc) is 3.36. The SMILES string of the molecule is C1CCNC1.Cc1oc2ccc(OCc3cncc(C(F)(F)F)c3)cc2c1C(N)=O. The van der Waals surface area contributed by atoms with E-state index in [-0.39, 0.29) is 17.7 Å². The van der Waals surface area contributed by atoms with Crippen molar-refractivity contribution in [2.24, 2.45) is 5.73 Å². The van der Waals surface area contributed by atoms with Crippen molar-refractivity contribution >= 4 is 16.9 Å². The Morgan fingerprint density at radius 3 is 2.57 bits per heavy atom. The fourth-order valence-electron chi connectivity index (χ4n) is 3.11. The van der Waals surface area contributed by atoms with E-state index >= 15 is 0 Å². The van der Waals surface area contributed by atoms with Crippen LogP contribution in [-0.2, 0) is 12.8 Å². The summed E-state index contributed by atoms with van der Waals surface area (Å²) in [6.45, 7) is 4.01. The highest BCUT2D eigenvalue weighted by Gasteiger charge is 2.31. The standard InChI is InChI=1S/C17H13F3N2O3.C4H9N/c1-9-15(16(21)23)13-5-12(2-3-14(13)25-9)24-8-10-4-11(7-22-6-10)17(18,19)20;1-2-4-5-3-1/h2-7H,8H2,1H3,(H2,21,23);5H,1-4H2. The van der Waals surface area contributed by atoms with E-state index in [1.165, 1.54) is 32.1 Å². The van der Waals surface area contributed by atoms with E-state index in [1.54, 1.807) is 25.1 Å². The third-order valence-corrected chi connectivity index (χ3v) is 4.57. The van der Waals surface area contributed by atoms with Crippen LogP contribution < -0.4 is 15.8 Å². The zero-order valence-corrected chi connectivity index (χ0v) is 16.4. The van der Waals surface area contributed by atoms with Gasteiger partial charge in [-0.25, -0.2) is 0 Å². The second-order valence-electron chi connectivity index (χ2n) is 6.88. The zero-order chi connectivity index (χ0) is 21.7. The van der Waals surface area contributed by atoms with Crippen molar-refractivity contribution in [1.82, 2.24) is 10.3 Å². The zero-order valence-electron chi connectivity index (χ0n) is 16.4. The number of halogens is 3. The van der Waals surface area contributed by atoms with Crippen LogP contribution in [0.1, 0.15) is 40.1 Å². The third kappa shape index (κ3) is 5.29. The number of carbonyl (C=O) groups excluding carboxylic acids is 1.